The van der Waals surface area contributed by atoms with Crippen molar-refractivity contribution in [1.82, 2.24) is 0 Å². The van der Waals surface area contributed by atoms with Gasteiger partial charge in [0, 0.05) is 22.6 Å². The second-order valence-electron chi connectivity index (χ2n) is 6.03. The molecule has 0 saturated carbocycles. The van der Waals surface area contributed by atoms with Gasteiger partial charge in [0.1, 0.15) is 10.6 Å². The molecule has 0 aliphatic carbocycles. The zero-order valence-corrected chi connectivity index (χ0v) is 14.8. The van der Waals surface area contributed by atoms with E-state index < -0.39 is 11.9 Å². The van der Waals surface area contributed by atoms with Crippen LogP contribution in [0.15, 0.2) is 60.0 Å². The molecule has 4 rings (SSSR count). The molecule has 1 aromatic heterocycles. The van der Waals surface area contributed by atoms with E-state index in [1.54, 1.807) is 23.6 Å². The van der Waals surface area contributed by atoms with E-state index in [1.165, 1.54) is 0 Å². The van der Waals surface area contributed by atoms with Gasteiger partial charge in [-0.3, -0.25) is 4.79 Å². The molecule has 0 atom stereocenters. The monoisotopic (exact) mass is 378 g/mol. The summed E-state index contributed by atoms with van der Waals surface area (Å²) in [5.74, 6) is -1.73. The predicted octanol–water partition coefficient (Wildman–Crippen LogP) is 3.89. The number of aromatic carboxylic acids is 1. The highest BCUT2D eigenvalue weighted by Crippen LogP contribution is 2.36. The lowest BCUT2D eigenvalue weighted by Crippen LogP contribution is -2.27. The van der Waals surface area contributed by atoms with Crippen LogP contribution in [0.5, 0.6) is 0 Å². The Kier molecular flexibility index (Phi) is 4.21. The summed E-state index contributed by atoms with van der Waals surface area (Å²) in [5.41, 5.74) is 2.56. The minimum Gasteiger partial charge on any atom is -0.618 e. The highest BCUT2D eigenvalue weighted by atomic mass is 32.1. The van der Waals surface area contributed by atoms with Crippen molar-refractivity contribution in [3.05, 3.63) is 76.3 Å². The number of thiophene rings is 1. The molecular formula is C20H14N2O4S. The summed E-state index contributed by atoms with van der Waals surface area (Å²) in [6.45, 7) is 0. The lowest BCUT2D eigenvalue weighted by molar-refractivity contribution is -0.356. The molecule has 3 aromatic rings. The Labute approximate surface area is 158 Å². The topological polar surface area (TPSA) is 92.5 Å². The third kappa shape index (κ3) is 2.98. The van der Waals surface area contributed by atoms with E-state index in [1.807, 2.05) is 36.4 Å². The fourth-order valence-corrected chi connectivity index (χ4v) is 4.05. The van der Waals surface area contributed by atoms with Crippen LogP contribution in [0.4, 0.5) is 10.7 Å². The number of nitrogens with one attached hydrogen (secondary N) is 1. The minimum absolute atomic E-state index is 0.0214. The lowest BCUT2D eigenvalue weighted by Gasteiger charge is -2.06. The smallest absolute Gasteiger partial charge is 0.339 e. The van der Waals surface area contributed by atoms with Crippen LogP contribution in [-0.2, 0) is 11.2 Å². The average molecular weight is 378 g/mol. The number of rotatable bonds is 4. The van der Waals surface area contributed by atoms with E-state index in [9.17, 15) is 19.9 Å². The Morgan fingerprint density at radius 3 is 2.48 bits per heavy atom. The highest BCUT2D eigenvalue weighted by Gasteiger charge is 2.32. The number of nitrogens with zero attached hydrogens (tertiary/aromatic N) is 1. The maximum absolute atomic E-state index is 12.6. The van der Waals surface area contributed by atoms with Gasteiger partial charge < -0.3 is 15.6 Å². The van der Waals surface area contributed by atoms with Crippen molar-refractivity contribution in [2.75, 3.05) is 5.32 Å². The molecule has 0 fully saturated rings. The fraction of sp³-hybridized carbons (Fsp3) is 0.0500. The van der Waals surface area contributed by atoms with Crippen molar-refractivity contribution < 1.29 is 19.4 Å². The molecule has 0 unspecified atom stereocenters. The van der Waals surface area contributed by atoms with Gasteiger partial charge in [-0.05, 0) is 5.56 Å². The van der Waals surface area contributed by atoms with E-state index in [2.05, 4.69) is 5.32 Å². The second-order valence-corrected chi connectivity index (χ2v) is 6.91. The van der Waals surface area contributed by atoms with Crippen LogP contribution < -0.4 is 5.32 Å². The van der Waals surface area contributed by atoms with Crippen LogP contribution in [0.25, 0.3) is 11.1 Å². The zero-order valence-electron chi connectivity index (χ0n) is 14.0. The largest absolute Gasteiger partial charge is 0.618 e. The molecule has 2 aromatic carbocycles. The van der Waals surface area contributed by atoms with Crippen molar-refractivity contribution in [1.29, 1.82) is 0 Å². The van der Waals surface area contributed by atoms with Crippen LogP contribution in [0.2, 0.25) is 0 Å². The van der Waals surface area contributed by atoms with E-state index in [4.69, 9.17) is 0 Å². The molecule has 0 saturated heterocycles. The van der Waals surface area contributed by atoms with Crippen LogP contribution in [0.1, 0.15) is 15.9 Å². The molecule has 6 nitrogen and oxygen atoms in total. The molecule has 1 aliphatic rings. The first-order valence-corrected chi connectivity index (χ1v) is 9.06. The molecule has 27 heavy (non-hydrogen) atoms. The summed E-state index contributed by atoms with van der Waals surface area (Å²) < 4.78 is 0.608. The van der Waals surface area contributed by atoms with Gasteiger partial charge in [0.15, 0.2) is 0 Å². The highest BCUT2D eigenvalue weighted by molar-refractivity contribution is 7.15. The molecule has 1 amide bonds. The Hall–Kier alpha value is -3.45. The molecule has 0 spiro atoms. The van der Waals surface area contributed by atoms with E-state index in [0.717, 1.165) is 22.5 Å². The number of amides is 1. The molecule has 2 N–H and O–H groups in total. The predicted molar refractivity (Wildman–Crippen MR) is 104 cm³/mol. The van der Waals surface area contributed by atoms with Gasteiger partial charge in [0.05, 0.1) is 6.42 Å². The van der Waals surface area contributed by atoms with E-state index in [-0.39, 0.29) is 22.7 Å². The zero-order chi connectivity index (χ0) is 19.0. The maximum atomic E-state index is 12.6. The summed E-state index contributed by atoms with van der Waals surface area (Å²) in [7, 11) is 0. The number of anilines is 1. The molecule has 7 heteroatoms. The molecular weight excluding hydrogens is 364 g/mol. The maximum Gasteiger partial charge on any atom is 0.339 e. The standard InChI is InChI=1S/C20H14N2O4S/c23-18(16-10-13-8-4-5-9-15(13)22(16)26)21-19-17(20(24)25)14(11-27-19)12-6-2-1-3-7-12/h1-9,11H,10H2,(H,21,23)(H,24,25). The first-order valence-electron chi connectivity index (χ1n) is 8.19. The van der Waals surface area contributed by atoms with Crippen LogP contribution in [0.3, 0.4) is 0 Å². The van der Waals surface area contributed by atoms with Gasteiger partial charge in [-0.1, -0.05) is 48.5 Å². The molecule has 0 bridgehead atoms. The number of carboxylic acids is 1. The number of para-hydroxylation sites is 1. The number of hydrogen-bond donors (Lipinski definition) is 2. The third-order valence-corrected chi connectivity index (χ3v) is 5.29. The lowest BCUT2D eigenvalue weighted by atomic mass is 10.0. The minimum atomic E-state index is -1.14. The second kappa shape index (κ2) is 6.69. The van der Waals surface area contributed by atoms with Gasteiger partial charge in [-0.2, -0.15) is 4.74 Å². The fourth-order valence-electron chi connectivity index (χ4n) is 3.10. The molecule has 2 heterocycles. The summed E-state index contributed by atoms with van der Waals surface area (Å²) in [6, 6.07) is 16.1. The third-order valence-electron chi connectivity index (χ3n) is 4.39. The quantitative estimate of drug-likeness (QED) is 0.532. The van der Waals surface area contributed by atoms with Crippen LogP contribution in [0, 0.1) is 5.21 Å². The number of fused-ring (bicyclic) bond motifs is 1. The van der Waals surface area contributed by atoms with Crippen LogP contribution in [-0.4, -0.2) is 27.4 Å². The van der Waals surface area contributed by atoms with Crippen molar-refractivity contribution >= 4 is 39.6 Å². The Bertz CT molecular complexity index is 1090. The number of carbonyl (C=O) groups excluding carboxylic acids is 1. The van der Waals surface area contributed by atoms with Gasteiger partial charge in [0.2, 0.25) is 5.69 Å². The van der Waals surface area contributed by atoms with E-state index in [0.29, 0.717) is 16.0 Å². The summed E-state index contributed by atoms with van der Waals surface area (Å²) in [4.78, 5) is 24.4. The van der Waals surface area contributed by atoms with Crippen molar-refractivity contribution in [3.63, 3.8) is 0 Å². The van der Waals surface area contributed by atoms with Gasteiger partial charge in [0.25, 0.3) is 5.71 Å². The van der Waals surface area contributed by atoms with Gasteiger partial charge >= 0.3 is 11.9 Å². The Morgan fingerprint density at radius 2 is 1.78 bits per heavy atom. The molecule has 0 radical (unpaired) electrons. The summed E-state index contributed by atoms with van der Waals surface area (Å²) in [5, 5.41) is 26.5. The van der Waals surface area contributed by atoms with Crippen LogP contribution >= 0.6 is 11.3 Å². The number of hydrogen-bond acceptors (Lipinski definition) is 4. The van der Waals surface area contributed by atoms with Crippen molar-refractivity contribution in [2.45, 2.75) is 6.42 Å². The molecule has 134 valence electrons. The number of carbonyl (C=O) groups is 2. The number of carboxylic acid groups (broad SMARTS) is 1. The normalized spacial score (nSPS) is 12.7. The van der Waals surface area contributed by atoms with Crippen molar-refractivity contribution in [3.8, 4) is 11.1 Å². The first kappa shape index (κ1) is 17.0. The van der Waals surface area contributed by atoms with E-state index >= 15 is 0 Å². The Morgan fingerprint density at radius 1 is 1.07 bits per heavy atom. The SMILES string of the molecule is O=C(Nc1scc(-c2ccccc2)c1C(=O)O)C1=[N+]([O-])c2ccccc2C1. The van der Waals surface area contributed by atoms with Crippen molar-refractivity contribution in [2.24, 2.45) is 0 Å². The summed E-state index contributed by atoms with van der Waals surface area (Å²) in [6.07, 6.45) is 0.213. The molecule has 1 aliphatic heterocycles. The summed E-state index contributed by atoms with van der Waals surface area (Å²) >= 11 is 1.12. The number of benzene rings is 2. The van der Waals surface area contributed by atoms with Gasteiger partial charge in [-0.25, -0.2) is 4.79 Å². The first-order chi connectivity index (χ1) is 13.1. The Balaban J connectivity index is 1.66. The average Bonchev–Trinajstić information content (AvgIpc) is 3.24. The van der Waals surface area contributed by atoms with Gasteiger partial charge in [-0.15, -0.1) is 11.3 Å².